The fourth-order valence-electron chi connectivity index (χ4n) is 6.31. The molecule has 0 atom stereocenters. The lowest BCUT2D eigenvalue weighted by Gasteiger charge is -2.30. The number of carbonyl (C=O) groups excluding carboxylic acids is 1. The highest BCUT2D eigenvalue weighted by atomic mass is 35.5. The maximum atomic E-state index is 13.4. The lowest BCUT2D eigenvalue weighted by atomic mass is 10.1. The van der Waals surface area contributed by atoms with Crippen molar-refractivity contribution in [3.8, 4) is 0 Å². The van der Waals surface area contributed by atoms with Crippen molar-refractivity contribution in [3.05, 3.63) is 80.3 Å². The van der Waals surface area contributed by atoms with Gasteiger partial charge in [0.15, 0.2) is 9.84 Å². The highest BCUT2D eigenvalue weighted by Gasteiger charge is 2.32. The maximum absolute atomic E-state index is 13.4. The minimum Gasteiger partial charge on any atom is -0.378 e. The minimum absolute atomic E-state index is 0. The van der Waals surface area contributed by atoms with Crippen LogP contribution in [0.1, 0.15) is 32.6 Å². The molecule has 9 nitrogen and oxygen atoms in total. The largest absolute Gasteiger partial charge is 0.398 e. The minimum atomic E-state index is -4.43. The zero-order valence-electron chi connectivity index (χ0n) is 27.7. The van der Waals surface area contributed by atoms with E-state index in [1.165, 1.54) is 28.2 Å². The number of fused-ring (bicyclic) bond motifs is 2. The average molecular weight is 810 g/mol. The second kappa shape index (κ2) is 16.7. The van der Waals surface area contributed by atoms with Crippen LogP contribution in [0.4, 0.5) is 24.5 Å². The number of rotatable bonds is 6. The Bertz CT molecular complexity index is 1860. The lowest BCUT2D eigenvalue weighted by Crippen LogP contribution is -2.36. The van der Waals surface area contributed by atoms with E-state index < -0.39 is 27.7 Å². The molecule has 4 aliphatic rings. The Labute approximate surface area is 316 Å². The number of nitrogens with one attached hydrogen (secondary N) is 1. The normalized spacial score (nSPS) is 17.3. The summed E-state index contributed by atoms with van der Waals surface area (Å²) in [6, 6.07) is 11.7. The van der Waals surface area contributed by atoms with Crippen molar-refractivity contribution in [2.24, 2.45) is 0 Å². The number of morpholine rings is 2. The van der Waals surface area contributed by atoms with Gasteiger partial charge in [-0.3, -0.25) is 4.79 Å². The van der Waals surface area contributed by atoms with Gasteiger partial charge in [0.25, 0.3) is 5.91 Å². The van der Waals surface area contributed by atoms with Gasteiger partial charge in [-0.15, -0.1) is 24.2 Å². The number of nitrogens with zero attached hydrogens (tertiary/aromatic N) is 3. The highest BCUT2D eigenvalue weighted by Crippen LogP contribution is 2.37. The number of ether oxygens (including phenoxy) is 2. The molecular formula is C34H38Cl3F3N4O5S2. The molecule has 3 aromatic carbocycles. The van der Waals surface area contributed by atoms with E-state index in [1.807, 2.05) is 6.07 Å². The number of hydrogen-bond acceptors (Lipinski definition) is 9. The van der Waals surface area contributed by atoms with E-state index in [0.717, 1.165) is 79.2 Å². The molecule has 0 radical (unpaired) electrons. The standard InChI is InChI=1S/C22H22ClF3N2O4S2.C12H15ClN2O.ClH/c1-34(30,31)16-2-3-20(33-13-22(24,25)26)17(10-16)21(29)28-11-14-8-18(23)19(9-15(14)12-28)27-4-6-32-7-5-27;13-11-5-9-7-14-8-10(9)6-12(11)15-1-3-16-4-2-15;/h2-3,8-10H,4-7,11-13H2,1H3;5-6,14H,1-4,7-8H2;1H. The number of benzene rings is 3. The van der Waals surface area contributed by atoms with Gasteiger partial charge >= 0.3 is 6.18 Å². The zero-order valence-corrected chi connectivity index (χ0v) is 31.7. The molecule has 278 valence electrons. The summed E-state index contributed by atoms with van der Waals surface area (Å²) in [5.74, 6) is -1.72. The molecule has 4 heterocycles. The molecule has 0 saturated carbocycles. The zero-order chi connectivity index (χ0) is 35.6. The average Bonchev–Trinajstić information content (AvgIpc) is 3.73. The van der Waals surface area contributed by atoms with Crippen LogP contribution >= 0.6 is 47.4 Å². The van der Waals surface area contributed by atoms with Crippen LogP contribution in [0.2, 0.25) is 10.0 Å². The summed E-state index contributed by atoms with van der Waals surface area (Å²) in [7, 11) is -3.66. The number of sulfone groups is 1. The molecular weight excluding hydrogens is 772 g/mol. The Hall–Kier alpha value is -2.43. The first-order valence-electron chi connectivity index (χ1n) is 16.1. The van der Waals surface area contributed by atoms with Crippen LogP contribution in [0.25, 0.3) is 0 Å². The van der Waals surface area contributed by atoms with E-state index in [4.69, 9.17) is 32.7 Å². The van der Waals surface area contributed by atoms with Crippen LogP contribution in [0.3, 0.4) is 0 Å². The Balaban J connectivity index is 0.000000247. The maximum Gasteiger partial charge on any atom is 0.398 e. The molecule has 2 fully saturated rings. The summed E-state index contributed by atoms with van der Waals surface area (Å²) < 4.78 is 73.2. The molecule has 3 aromatic rings. The Morgan fingerprint density at radius 3 is 1.84 bits per heavy atom. The van der Waals surface area contributed by atoms with Gasteiger partial charge in [-0.2, -0.15) is 13.2 Å². The van der Waals surface area contributed by atoms with Crippen LogP contribution in [-0.4, -0.2) is 90.0 Å². The molecule has 0 unspecified atom stereocenters. The number of hydrogen-bond donors (Lipinski definition) is 1. The van der Waals surface area contributed by atoms with Crippen molar-refractivity contribution < 1.29 is 35.9 Å². The summed E-state index contributed by atoms with van der Waals surface area (Å²) in [6.45, 7) is 8.41. The van der Waals surface area contributed by atoms with Gasteiger partial charge in [-0.1, -0.05) is 23.2 Å². The molecule has 1 N–H and O–H groups in total. The predicted molar refractivity (Wildman–Crippen MR) is 197 cm³/mol. The van der Waals surface area contributed by atoms with Crippen molar-refractivity contribution in [1.29, 1.82) is 0 Å². The molecule has 0 aliphatic carbocycles. The van der Waals surface area contributed by atoms with Crippen molar-refractivity contribution in [3.63, 3.8) is 0 Å². The fourth-order valence-corrected chi connectivity index (χ4v) is 8.36. The molecule has 0 spiro atoms. The molecule has 17 heteroatoms. The molecule has 0 bridgehead atoms. The Morgan fingerprint density at radius 2 is 1.31 bits per heavy atom. The first kappa shape index (κ1) is 39.8. The summed E-state index contributed by atoms with van der Waals surface area (Å²) in [4.78, 5) is 19.3. The van der Waals surface area contributed by atoms with E-state index in [9.17, 15) is 26.4 Å². The molecule has 2 saturated heterocycles. The summed E-state index contributed by atoms with van der Waals surface area (Å²) in [6.07, 6.45) is -3.45. The van der Waals surface area contributed by atoms with Crippen LogP contribution in [0.15, 0.2) is 52.3 Å². The molecule has 1 amide bonds. The van der Waals surface area contributed by atoms with Gasteiger partial charge in [0, 0.05) is 63.5 Å². The number of alkyl halides is 3. The lowest BCUT2D eigenvalue weighted by molar-refractivity contribution is -0.105. The van der Waals surface area contributed by atoms with Gasteiger partial charge in [0.1, 0.15) is 0 Å². The van der Waals surface area contributed by atoms with Crippen LogP contribution in [0, 0.1) is 0 Å². The van der Waals surface area contributed by atoms with E-state index in [-0.39, 0.29) is 40.9 Å². The Morgan fingerprint density at radius 1 is 0.824 bits per heavy atom. The summed E-state index contributed by atoms with van der Waals surface area (Å²) in [5, 5.41) is 4.76. The van der Waals surface area contributed by atoms with E-state index in [0.29, 0.717) is 43.1 Å². The molecule has 0 aromatic heterocycles. The van der Waals surface area contributed by atoms with E-state index in [1.54, 1.807) is 6.07 Å². The van der Waals surface area contributed by atoms with E-state index in [2.05, 4.69) is 27.2 Å². The third-order valence-corrected chi connectivity index (χ3v) is 11.7. The third kappa shape index (κ3) is 9.77. The smallest absolute Gasteiger partial charge is 0.378 e. The van der Waals surface area contributed by atoms with Crippen LogP contribution in [0.5, 0.6) is 0 Å². The van der Waals surface area contributed by atoms with Gasteiger partial charge in [-0.05, 0) is 64.7 Å². The van der Waals surface area contributed by atoms with Crippen LogP contribution in [-0.2, 0) is 45.5 Å². The predicted octanol–water partition coefficient (Wildman–Crippen LogP) is 6.59. The van der Waals surface area contributed by atoms with Gasteiger partial charge in [0.2, 0.25) is 0 Å². The van der Waals surface area contributed by atoms with Crippen molar-refractivity contribution in [2.45, 2.75) is 42.1 Å². The second-order valence-electron chi connectivity index (χ2n) is 12.4. The number of halogens is 6. The van der Waals surface area contributed by atoms with Crippen LogP contribution < -0.4 is 15.1 Å². The second-order valence-corrected chi connectivity index (χ2v) is 16.3. The molecule has 4 aliphatic heterocycles. The quantitative estimate of drug-likeness (QED) is 0.277. The fraction of sp³-hybridized carbons (Fsp3) is 0.441. The van der Waals surface area contributed by atoms with Crippen molar-refractivity contribution in [1.82, 2.24) is 10.2 Å². The van der Waals surface area contributed by atoms with Crippen molar-refractivity contribution in [2.75, 3.05) is 74.4 Å². The third-order valence-electron chi connectivity index (χ3n) is 8.88. The monoisotopic (exact) mass is 808 g/mol. The van der Waals surface area contributed by atoms with Gasteiger partial charge in [0.05, 0.1) is 64.1 Å². The molecule has 7 rings (SSSR count). The summed E-state index contributed by atoms with van der Waals surface area (Å²) in [5.41, 5.74) is 6.39. The molecule has 51 heavy (non-hydrogen) atoms. The summed E-state index contributed by atoms with van der Waals surface area (Å²) >= 11 is 13.3. The van der Waals surface area contributed by atoms with Crippen molar-refractivity contribution >= 4 is 74.5 Å². The topological polar surface area (TPSA) is 91.4 Å². The number of carbonyl (C=O) groups is 1. The number of amides is 1. The Kier molecular flexibility index (Phi) is 13.0. The number of thioether (sulfide) groups is 1. The first-order chi connectivity index (χ1) is 23.8. The SMILES string of the molecule is CS(=O)(=O)c1ccc(SCC(F)(F)F)c(C(=O)N2Cc3cc(Cl)c(N4CCOCC4)cc3C2)c1.Cl.Clc1cc2c(cc1N1CCOCC1)CNC2. The van der Waals surface area contributed by atoms with Gasteiger partial charge in [-0.25, -0.2) is 8.42 Å². The number of anilines is 2. The van der Waals surface area contributed by atoms with Gasteiger partial charge < -0.3 is 29.5 Å². The van der Waals surface area contributed by atoms with E-state index >= 15 is 0 Å². The first-order valence-corrected chi connectivity index (χ1v) is 19.7. The highest BCUT2D eigenvalue weighted by molar-refractivity contribution is 7.99.